The molecule has 0 radical (unpaired) electrons. The standard InChI is InChI=1S/C17H17ClIN3O3/c1-2-24-15-8-11(9-21-22-17(20)23)7-14(19)16(15)25-10-12-5-3-4-6-13(12)18/h3-9H,2,10H2,1H3,(H3,20,22,23)/b21-9-. The minimum atomic E-state index is -0.726. The maximum absolute atomic E-state index is 10.7. The van der Waals surface area contributed by atoms with Gasteiger partial charge in [-0.15, -0.1) is 0 Å². The summed E-state index contributed by atoms with van der Waals surface area (Å²) in [4.78, 5) is 10.7. The average molecular weight is 474 g/mol. The zero-order valence-electron chi connectivity index (χ0n) is 13.5. The van der Waals surface area contributed by atoms with E-state index in [1.165, 1.54) is 6.21 Å². The van der Waals surface area contributed by atoms with Gasteiger partial charge in [-0.05, 0) is 53.3 Å². The van der Waals surface area contributed by atoms with Crippen LogP contribution in [0.2, 0.25) is 5.02 Å². The highest BCUT2D eigenvalue weighted by atomic mass is 127. The minimum Gasteiger partial charge on any atom is -0.490 e. The van der Waals surface area contributed by atoms with Crippen molar-refractivity contribution in [1.29, 1.82) is 0 Å². The molecule has 0 aliphatic rings. The van der Waals surface area contributed by atoms with E-state index < -0.39 is 6.03 Å². The van der Waals surface area contributed by atoms with Crippen molar-refractivity contribution in [2.75, 3.05) is 6.61 Å². The highest BCUT2D eigenvalue weighted by molar-refractivity contribution is 14.1. The molecule has 2 aromatic carbocycles. The molecule has 0 atom stereocenters. The topological polar surface area (TPSA) is 85.9 Å². The van der Waals surface area contributed by atoms with Gasteiger partial charge >= 0.3 is 6.03 Å². The van der Waals surface area contributed by atoms with Crippen LogP contribution < -0.4 is 20.6 Å². The third kappa shape index (κ3) is 5.79. The molecule has 132 valence electrons. The molecule has 6 nitrogen and oxygen atoms in total. The maximum Gasteiger partial charge on any atom is 0.332 e. The first-order valence-corrected chi connectivity index (χ1v) is 8.88. The number of carbonyl (C=O) groups excluding carboxylic acids is 1. The van der Waals surface area contributed by atoms with Crippen LogP contribution in [0.5, 0.6) is 11.5 Å². The van der Waals surface area contributed by atoms with E-state index in [4.69, 9.17) is 26.8 Å². The molecule has 0 aliphatic heterocycles. The van der Waals surface area contributed by atoms with Gasteiger partial charge in [0.15, 0.2) is 11.5 Å². The number of halogens is 2. The van der Waals surface area contributed by atoms with Crippen molar-refractivity contribution >= 4 is 46.4 Å². The molecule has 3 N–H and O–H groups in total. The molecule has 0 unspecified atom stereocenters. The lowest BCUT2D eigenvalue weighted by Gasteiger charge is -2.15. The number of carbonyl (C=O) groups is 1. The number of primary amides is 1. The number of hydrogen-bond acceptors (Lipinski definition) is 4. The lowest BCUT2D eigenvalue weighted by atomic mass is 10.2. The zero-order valence-corrected chi connectivity index (χ0v) is 16.4. The summed E-state index contributed by atoms with van der Waals surface area (Å²) in [6.07, 6.45) is 1.48. The van der Waals surface area contributed by atoms with Crippen molar-refractivity contribution < 1.29 is 14.3 Å². The van der Waals surface area contributed by atoms with Crippen LogP contribution in [0.15, 0.2) is 41.5 Å². The summed E-state index contributed by atoms with van der Waals surface area (Å²) >= 11 is 8.32. The van der Waals surface area contributed by atoms with Crippen LogP contribution in [0.25, 0.3) is 0 Å². The molecule has 0 spiro atoms. The van der Waals surface area contributed by atoms with E-state index in [9.17, 15) is 4.79 Å². The number of nitrogens with zero attached hydrogens (tertiary/aromatic N) is 1. The molecule has 0 aromatic heterocycles. The summed E-state index contributed by atoms with van der Waals surface area (Å²) in [6.45, 7) is 2.70. The Morgan fingerprint density at radius 1 is 1.36 bits per heavy atom. The fourth-order valence-corrected chi connectivity index (χ4v) is 2.97. The number of hydrogen-bond donors (Lipinski definition) is 2. The largest absolute Gasteiger partial charge is 0.490 e. The van der Waals surface area contributed by atoms with E-state index in [-0.39, 0.29) is 0 Å². The molecule has 0 saturated carbocycles. The second-order valence-electron chi connectivity index (χ2n) is 4.88. The van der Waals surface area contributed by atoms with Crippen molar-refractivity contribution in [2.45, 2.75) is 13.5 Å². The van der Waals surface area contributed by atoms with Gasteiger partial charge < -0.3 is 15.2 Å². The number of benzene rings is 2. The number of rotatable bonds is 7. The van der Waals surface area contributed by atoms with Gasteiger partial charge in [-0.1, -0.05) is 29.8 Å². The number of urea groups is 1. The van der Waals surface area contributed by atoms with Gasteiger partial charge in [-0.2, -0.15) is 5.10 Å². The molecule has 2 rings (SSSR count). The Morgan fingerprint density at radius 3 is 2.80 bits per heavy atom. The monoisotopic (exact) mass is 473 g/mol. The predicted octanol–water partition coefficient (Wildman–Crippen LogP) is 3.92. The van der Waals surface area contributed by atoms with Gasteiger partial charge in [0, 0.05) is 10.6 Å². The molecule has 8 heteroatoms. The Hall–Kier alpha value is -2.00. The lowest BCUT2D eigenvalue weighted by Crippen LogP contribution is -2.24. The second-order valence-corrected chi connectivity index (χ2v) is 6.45. The molecule has 0 fully saturated rings. The van der Waals surface area contributed by atoms with E-state index in [2.05, 4.69) is 33.1 Å². The van der Waals surface area contributed by atoms with Crippen molar-refractivity contribution in [3.05, 3.63) is 56.1 Å². The lowest BCUT2D eigenvalue weighted by molar-refractivity contribution is 0.249. The summed E-state index contributed by atoms with van der Waals surface area (Å²) in [6, 6.07) is 10.4. The smallest absolute Gasteiger partial charge is 0.332 e. The molecular weight excluding hydrogens is 457 g/mol. The second kappa shape index (κ2) is 9.47. The number of nitrogens with one attached hydrogen (secondary N) is 1. The van der Waals surface area contributed by atoms with Crippen LogP contribution in [0, 0.1) is 3.57 Å². The fraction of sp³-hybridized carbons (Fsp3) is 0.176. The Kier molecular flexibility index (Phi) is 7.32. The first-order valence-electron chi connectivity index (χ1n) is 7.42. The summed E-state index contributed by atoms with van der Waals surface area (Å²) in [5.74, 6) is 1.21. The first-order chi connectivity index (χ1) is 12.0. The number of amides is 2. The molecule has 0 saturated heterocycles. The van der Waals surface area contributed by atoms with E-state index in [0.29, 0.717) is 29.7 Å². The Morgan fingerprint density at radius 2 is 2.12 bits per heavy atom. The molecule has 0 bridgehead atoms. The first kappa shape index (κ1) is 19.3. The van der Waals surface area contributed by atoms with Gasteiger partial charge in [-0.3, -0.25) is 0 Å². The molecule has 25 heavy (non-hydrogen) atoms. The van der Waals surface area contributed by atoms with Crippen molar-refractivity contribution in [3.63, 3.8) is 0 Å². The summed E-state index contributed by atoms with van der Waals surface area (Å²) < 4.78 is 12.4. The third-order valence-corrected chi connectivity index (χ3v) is 4.22. The van der Waals surface area contributed by atoms with E-state index in [0.717, 1.165) is 14.7 Å². The van der Waals surface area contributed by atoms with Crippen LogP contribution in [-0.2, 0) is 6.61 Å². The van der Waals surface area contributed by atoms with Gasteiger partial charge in [0.2, 0.25) is 0 Å². The van der Waals surface area contributed by atoms with Crippen LogP contribution in [0.4, 0.5) is 4.79 Å². The van der Waals surface area contributed by atoms with Crippen molar-refractivity contribution in [3.8, 4) is 11.5 Å². The molecule has 0 aliphatic carbocycles. The zero-order chi connectivity index (χ0) is 18.2. The Bertz CT molecular complexity index is 784. The van der Waals surface area contributed by atoms with Gasteiger partial charge in [0.05, 0.1) is 16.4 Å². The number of hydrazone groups is 1. The predicted molar refractivity (Wildman–Crippen MR) is 106 cm³/mol. The number of ether oxygens (including phenoxy) is 2. The minimum absolute atomic E-state index is 0.326. The molecular formula is C17H17ClIN3O3. The molecule has 0 heterocycles. The van der Waals surface area contributed by atoms with E-state index in [1.54, 1.807) is 6.07 Å². The van der Waals surface area contributed by atoms with Crippen molar-refractivity contribution in [2.24, 2.45) is 10.8 Å². The normalized spacial score (nSPS) is 10.7. The SMILES string of the molecule is CCOc1cc(/C=N\NC(N)=O)cc(I)c1OCc1ccccc1Cl. The Balaban J connectivity index is 2.23. The molecule has 2 amide bonds. The van der Waals surface area contributed by atoms with E-state index in [1.807, 2.05) is 37.3 Å². The third-order valence-electron chi connectivity index (χ3n) is 3.05. The van der Waals surface area contributed by atoms with Gasteiger partial charge in [-0.25, -0.2) is 10.2 Å². The highest BCUT2D eigenvalue weighted by Crippen LogP contribution is 2.35. The summed E-state index contributed by atoms with van der Waals surface area (Å²) in [5.41, 5.74) is 8.76. The fourth-order valence-electron chi connectivity index (χ4n) is 2.00. The van der Waals surface area contributed by atoms with Crippen LogP contribution in [0.1, 0.15) is 18.1 Å². The average Bonchev–Trinajstić information content (AvgIpc) is 2.55. The van der Waals surface area contributed by atoms with E-state index >= 15 is 0 Å². The van der Waals surface area contributed by atoms with Crippen molar-refractivity contribution in [1.82, 2.24) is 5.43 Å². The maximum atomic E-state index is 10.7. The van der Waals surface area contributed by atoms with Gasteiger partial charge in [0.25, 0.3) is 0 Å². The van der Waals surface area contributed by atoms with Gasteiger partial charge in [0.1, 0.15) is 6.61 Å². The summed E-state index contributed by atoms with van der Waals surface area (Å²) in [5, 5.41) is 4.40. The van der Waals surface area contributed by atoms with Crippen LogP contribution in [0.3, 0.4) is 0 Å². The summed E-state index contributed by atoms with van der Waals surface area (Å²) in [7, 11) is 0. The van der Waals surface area contributed by atoms with Crippen LogP contribution in [-0.4, -0.2) is 18.9 Å². The highest BCUT2D eigenvalue weighted by Gasteiger charge is 2.13. The quantitative estimate of drug-likeness (QED) is 0.363. The Labute approximate surface area is 164 Å². The van der Waals surface area contributed by atoms with Crippen LogP contribution >= 0.6 is 34.2 Å². The number of nitrogens with two attached hydrogens (primary N) is 1. The molecule has 2 aromatic rings.